The molecule has 3 nitrogen and oxygen atoms in total. The van der Waals surface area contributed by atoms with E-state index in [1.165, 1.54) is 5.56 Å². The number of hydrogen-bond donors (Lipinski definition) is 0. The first-order chi connectivity index (χ1) is 13.9. The summed E-state index contributed by atoms with van der Waals surface area (Å²) in [4.78, 5) is 6.28. The molecule has 0 spiro atoms. The summed E-state index contributed by atoms with van der Waals surface area (Å²) in [5.74, 6) is 0.564. The van der Waals surface area contributed by atoms with Crippen LogP contribution in [0.25, 0.3) is 0 Å². The molecule has 29 heavy (non-hydrogen) atoms. The summed E-state index contributed by atoms with van der Waals surface area (Å²) >= 11 is 0. The average Bonchev–Trinajstić information content (AvgIpc) is 3.23. The zero-order valence-electron chi connectivity index (χ0n) is 17.0. The van der Waals surface area contributed by atoms with Crippen molar-refractivity contribution < 1.29 is 8.95 Å². The molecule has 4 heteroatoms. The predicted octanol–water partition coefficient (Wildman–Crippen LogP) is 5.67. The number of nitrogens with zero attached hydrogens (tertiary/aromatic N) is 1. The molecule has 0 bridgehead atoms. The monoisotopic (exact) mass is 403 g/mol. The second-order valence-electron chi connectivity index (χ2n) is 8.21. The molecule has 3 aromatic carbocycles. The molecule has 0 saturated heterocycles. The number of hydrogen-bond acceptors (Lipinski definition) is 3. The van der Waals surface area contributed by atoms with Gasteiger partial charge in [0.25, 0.3) is 0 Å². The maximum Gasteiger partial charge on any atom is 0.218 e. The smallest absolute Gasteiger partial charge is 0.218 e. The molecule has 0 unspecified atom stereocenters. The third-order valence-corrected chi connectivity index (χ3v) is 6.54. The molecule has 2 atom stereocenters. The fourth-order valence-electron chi connectivity index (χ4n) is 3.38. The van der Waals surface area contributed by atoms with Gasteiger partial charge in [-0.3, -0.25) is 0 Å². The number of benzene rings is 3. The Balaban J connectivity index is 1.64. The van der Waals surface area contributed by atoms with Crippen molar-refractivity contribution in [1.29, 1.82) is 0 Å². The zero-order valence-corrected chi connectivity index (χ0v) is 17.8. The highest BCUT2D eigenvalue weighted by Crippen LogP contribution is 2.29. The van der Waals surface area contributed by atoms with Crippen molar-refractivity contribution in [3.63, 3.8) is 0 Å². The Morgan fingerprint density at radius 3 is 2.24 bits per heavy atom. The molecular formula is C25H25NO2S. The van der Waals surface area contributed by atoms with Crippen LogP contribution in [0.5, 0.6) is 0 Å². The molecular weight excluding hydrogens is 378 g/mol. The van der Waals surface area contributed by atoms with Gasteiger partial charge in [-0.05, 0) is 40.8 Å². The summed E-state index contributed by atoms with van der Waals surface area (Å²) in [6.45, 7) is 7.02. The topological polar surface area (TPSA) is 38.7 Å². The number of aliphatic imine (C=N–C) groups is 1. The van der Waals surface area contributed by atoms with Crippen LogP contribution in [0.2, 0.25) is 0 Å². The highest BCUT2D eigenvalue weighted by atomic mass is 32.2. The van der Waals surface area contributed by atoms with Crippen LogP contribution in [0.15, 0.2) is 93.6 Å². The molecule has 0 aliphatic carbocycles. The first-order valence-electron chi connectivity index (χ1n) is 9.81. The standard InChI is InChI=1S/C25H25NO2S/c1-25(2,3)19-13-15-20(16-14-19)29(27)23-12-8-7-11-21(23)24-26-22(17-28-24)18-9-5-4-6-10-18/h4-16,22H,17H2,1-3H3/t22-,29+/m1/s1. The summed E-state index contributed by atoms with van der Waals surface area (Å²) in [5, 5.41) is 0. The number of ether oxygens (including phenoxy) is 1. The van der Waals surface area contributed by atoms with Crippen LogP contribution < -0.4 is 0 Å². The first-order valence-corrected chi connectivity index (χ1v) is 11.0. The maximum atomic E-state index is 13.3. The maximum absolute atomic E-state index is 13.3. The highest BCUT2D eigenvalue weighted by Gasteiger charge is 2.25. The molecule has 4 rings (SSSR count). The molecule has 1 aliphatic heterocycles. The predicted molar refractivity (Wildman–Crippen MR) is 118 cm³/mol. The molecule has 148 valence electrons. The Labute approximate surface area is 174 Å². The Hall–Kier alpha value is -2.72. The van der Waals surface area contributed by atoms with E-state index in [2.05, 4.69) is 45.0 Å². The van der Waals surface area contributed by atoms with Gasteiger partial charge in [-0.25, -0.2) is 9.20 Å². The molecule has 3 aromatic rings. The van der Waals surface area contributed by atoms with Crippen LogP contribution in [0.3, 0.4) is 0 Å². The summed E-state index contributed by atoms with van der Waals surface area (Å²) in [6, 6.07) is 25.8. The van der Waals surface area contributed by atoms with Crippen molar-refractivity contribution in [2.45, 2.75) is 42.0 Å². The van der Waals surface area contributed by atoms with Crippen LogP contribution in [0, 0.1) is 0 Å². The molecule has 1 aliphatic rings. The van der Waals surface area contributed by atoms with Gasteiger partial charge in [0.2, 0.25) is 5.90 Å². The summed E-state index contributed by atoms with van der Waals surface area (Å²) in [7, 11) is -1.31. The lowest BCUT2D eigenvalue weighted by atomic mass is 9.87. The van der Waals surface area contributed by atoms with Crippen LogP contribution in [0.4, 0.5) is 0 Å². The van der Waals surface area contributed by atoms with Crippen LogP contribution in [0.1, 0.15) is 43.5 Å². The lowest BCUT2D eigenvalue weighted by Gasteiger charge is -2.19. The van der Waals surface area contributed by atoms with E-state index in [9.17, 15) is 4.21 Å². The van der Waals surface area contributed by atoms with E-state index >= 15 is 0 Å². The second kappa shape index (κ2) is 7.96. The zero-order chi connectivity index (χ0) is 20.4. The van der Waals surface area contributed by atoms with E-state index in [-0.39, 0.29) is 11.5 Å². The van der Waals surface area contributed by atoms with Gasteiger partial charge in [0, 0.05) is 4.90 Å². The Kier molecular flexibility index (Phi) is 5.37. The van der Waals surface area contributed by atoms with E-state index in [1.807, 2.05) is 54.6 Å². The number of rotatable bonds is 4. The quantitative estimate of drug-likeness (QED) is 0.563. The van der Waals surface area contributed by atoms with E-state index in [1.54, 1.807) is 0 Å². The molecule has 0 N–H and O–H groups in total. The summed E-state index contributed by atoms with van der Waals surface area (Å²) < 4.78 is 19.2. The van der Waals surface area contributed by atoms with Crippen molar-refractivity contribution in [1.82, 2.24) is 0 Å². The van der Waals surface area contributed by atoms with Crippen molar-refractivity contribution in [3.05, 3.63) is 95.6 Å². The van der Waals surface area contributed by atoms with Crippen molar-refractivity contribution >= 4 is 16.7 Å². The van der Waals surface area contributed by atoms with Gasteiger partial charge in [-0.2, -0.15) is 0 Å². The minimum atomic E-state index is -1.31. The summed E-state index contributed by atoms with van der Waals surface area (Å²) in [5.41, 5.74) is 3.21. The molecule has 0 fully saturated rings. The van der Waals surface area contributed by atoms with Gasteiger partial charge < -0.3 is 4.74 Å². The van der Waals surface area contributed by atoms with Gasteiger partial charge in [0.15, 0.2) is 0 Å². The van der Waals surface area contributed by atoms with Crippen molar-refractivity contribution in [3.8, 4) is 0 Å². The summed E-state index contributed by atoms with van der Waals surface area (Å²) in [6.07, 6.45) is 0. The van der Waals surface area contributed by atoms with E-state index in [0.29, 0.717) is 12.5 Å². The Morgan fingerprint density at radius 1 is 0.897 bits per heavy atom. The molecule has 1 heterocycles. The third-order valence-electron chi connectivity index (χ3n) is 5.09. The van der Waals surface area contributed by atoms with Crippen LogP contribution in [-0.2, 0) is 21.0 Å². The highest BCUT2D eigenvalue weighted by molar-refractivity contribution is 7.85. The van der Waals surface area contributed by atoms with E-state index in [4.69, 9.17) is 9.73 Å². The van der Waals surface area contributed by atoms with Crippen LogP contribution >= 0.6 is 0 Å². The lowest BCUT2D eigenvalue weighted by molar-refractivity contribution is 0.319. The van der Waals surface area contributed by atoms with Gasteiger partial charge >= 0.3 is 0 Å². The van der Waals surface area contributed by atoms with Crippen LogP contribution in [-0.4, -0.2) is 16.7 Å². The molecule has 0 saturated carbocycles. The minimum Gasteiger partial charge on any atom is -0.475 e. The van der Waals surface area contributed by atoms with Gasteiger partial charge in [-0.15, -0.1) is 0 Å². The third kappa shape index (κ3) is 4.18. The normalized spacial score (nSPS) is 17.5. The fourth-order valence-corrected chi connectivity index (χ4v) is 4.57. The fraction of sp³-hybridized carbons (Fsp3) is 0.240. The van der Waals surface area contributed by atoms with Gasteiger partial charge in [0.1, 0.15) is 12.6 Å². The van der Waals surface area contributed by atoms with Crippen molar-refractivity contribution in [2.75, 3.05) is 6.61 Å². The largest absolute Gasteiger partial charge is 0.475 e. The Bertz CT molecular complexity index is 1050. The molecule has 0 radical (unpaired) electrons. The molecule has 0 aromatic heterocycles. The van der Waals surface area contributed by atoms with Gasteiger partial charge in [-0.1, -0.05) is 75.4 Å². The minimum absolute atomic E-state index is 0.0289. The van der Waals surface area contributed by atoms with E-state index < -0.39 is 10.8 Å². The first kappa shape index (κ1) is 19.6. The second-order valence-corrected chi connectivity index (χ2v) is 9.66. The van der Waals surface area contributed by atoms with Gasteiger partial charge in [0.05, 0.1) is 21.3 Å². The Morgan fingerprint density at radius 2 is 1.55 bits per heavy atom. The SMILES string of the molecule is CC(C)(C)c1ccc([S@](=O)c2ccccc2C2=N[C@@H](c3ccccc3)CO2)cc1. The average molecular weight is 404 g/mol. The lowest BCUT2D eigenvalue weighted by Crippen LogP contribution is -2.11. The molecule has 0 amide bonds. The van der Waals surface area contributed by atoms with Crippen molar-refractivity contribution in [2.24, 2.45) is 4.99 Å². The van der Waals surface area contributed by atoms with E-state index in [0.717, 1.165) is 20.9 Å².